The zero-order valence-electron chi connectivity index (χ0n) is 12.2. The molecule has 1 aromatic rings. The molecule has 3 nitrogen and oxygen atoms in total. The minimum Gasteiger partial charge on any atom is -0.389 e. The summed E-state index contributed by atoms with van der Waals surface area (Å²) in [6, 6.07) is 7.93. The number of hydrogen-bond donors (Lipinski definition) is 1. The van der Waals surface area contributed by atoms with E-state index in [0.717, 1.165) is 37.2 Å². The van der Waals surface area contributed by atoms with E-state index in [2.05, 4.69) is 0 Å². The molecule has 0 spiro atoms. The number of carbonyl (C=O) groups is 1. The van der Waals surface area contributed by atoms with Crippen molar-refractivity contribution in [2.45, 2.75) is 31.4 Å². The van der Waals surface area contributed by atoms with E-state index in [0.29, 0.717) is 10.7 Å². The van der Waals surface area contributed by atoms with Gasteiger partial charge in [-0.15, -0.1) is 11.8 Å². The molecule has 1 fully saturated rings. The van der Waals surface area contributed by atoms with E-state index in [1.54, 1.807) is 11.8 Å². The number of carbonyl (C=O) groups excluding carboxylic acids is 1. The monoisotopic (exact) mass is 322 g/mol. The van der Waals surface area contributed by atoms with Crippen LogP contribution in [-0.4, -0.2) is 34.6 Å². The van der Waals surface area contributed by atoms with Gasteiger partial charge in [-0.3, -0.25) is 4.79 Å². The first-order valence-electron chi connectivity index (χ1n) is 7.41. The highest BCUT2D eigenvalue weighted by Crippen LogP contribution is 2.16. The maximum atomic E-state index is 12.2. The molecule has 114 valence electrons. The maximum absolute atomic E-state index is 12.2. The van der Waals surface area contributed by atoms with E-state index >= 15 is 0 Å². The molecule has 2 rings (SSSR count). The molecule has 0 atom stereocenters. The van der Waals surface area contributed by atoms with Gasteiger partial charge in [-0.1, -0.05) is 49.3 Å². The van der Waals surface area contributed by atoms with Gasteiger partial charge in [0.1, 0.15) is 4.99 Å². The Bertz CT molecular complexity index is 480. The van der Waals surface area contributed by atoms with E-state index in [1.807, 2.05) is 29.2 Å². The van der Waals surface area contributed by atoms with Gasteiger partial charge in [-0.25, -0.2) is 0 Å². The number of thiocarbonyl (C=S) groups is 1. The summed E-state index contributed by atoms with van der Waals surface area (Å²) in [6.07, 6.45) is 4.81. The maximum Gasteiger partial charge on any atom is 0.232 e. The molecule has 1 aromatic carbocycles. The zero-order chi connectivity index (χ0) is 15.1. The first-order chi connectivity index (χ1) is 10.2. The van der Waals surface area contributed by atoms with Crippen LogP contribution >= 0.6 is 24.0 Å². The standard InChI is InChI=1S/C16H22N2OS2/c17-16(20)14-7-5-13(6-8-14)11-21-12-15(19)18-9-3-1-2-4-10-18/h5-8H,1-4,9-12H2,(H2,17,20). The Morgan fingerprint density at radius 1 is 1.14 bits per heavy atom. The van der Waals surface area contributed by atoms with Gasteiger partial charge in [0.25, 0.3) is 0 Å². The Kier molecular flexibility index (Phi) is 6.51. The topological polar surface area (TPSA) is 46.3 Å². The van der Waals surface area contributed by atoms with Crippen molar-refractivity contribution in [3.05, 3.63) is 35.4 Å². The lowest BCUT2D eigenvalue weighted by Crippen LogP contribution is -2.33. The van der Waals surface area contributed by atoms with E-state index < -0.39 is 0 Å². The molecule has 1 heterocycles. The van der Waals surface area contributed by atoms with Crippen LogP contribution in [0.1, 0.15) is 36.8 Å². The zero-order valence-corrected chi connectivity index (χ0v) is 13.8. The van der Waals surface area contributed by atoms with Crippen molar-refractivity contribution in [3.8, 4) is 0 Å². The van der Waals surface area contributed by atoms with Gasteiger partial charge in [-0.2, -0.15) is 0 Å². The lowest BCUT2D eigenvalue weighted by Gasteiger charge is -2.19. The molecule has 0 bridgehead atoms. The summed E-state index contributed by atoms with van der Waals surface area (Å²) in [5.74, 6) is 1.69. The van der Waals surface area contributed by atoms with Crippen LogP contribution in [0.4, 0.5) is 0 Å². The van der Waals surface area contributed by atoms with Crippen LogP contribution in [0.5, 0.6) is 0 Å². The number of likely N-dealkylation sites (tertiary alicyclic amines) is 1. The quantitative estimate of drug-likeness (QED) is 0.847. The van der Waals surface area contributed by atoms with Crippen LogP contribution in [0.25, 0.3) is 0 Å². The highest BCUT2D eigenvalue weighted by atomic mass is 32.2. The van der Waals surface area contributed by atoms with Crippen molar-refractivity contribution in [3.63, 3.8) is 0 Å². The van der Waals surface area contributed by atoms with Gasteiger partial charge in [0.05, 0.1) is 5.75 Å². The smallest absolute Gasteiger partial charge is 0.232 e. The molecule has 0 unspecified atom stereocenters. The summed E-state index contributed by atoms with van der Waals surface area (Å²) in [5.41, 5.74) is 7.66. The fraction of sp³-hybridized carbons (Fsp3) is 0.500. The van der Waals surface area contributed by atoms with Gasteiger partial charge in [0.15, 0.2) is 0 Å². The number of benzene rings is 1. The van der Waals surface area contributed by atoms with Gasteiger partial charge >= 0.3 is 0 Å². The van der Waals surface area contributed by atoms with Crippen molar-refractivity contribution >= 4 is 34.9 Å². The second-order valence-electron chi connectivity index (χ2n) is 5.35. The first-order valence-corrected chi connectivity index (χ1v) is 8.97. The fourth-order valence-corrected chi connectivity index (χ4v) is 3.46. The van der Waals surface area contributed by atoms with Crippen LogP contribution in [-0.2, 0) is 10.5 Å². The van der Waals surface area contributed by atoms with Gasteiger partial charge < -0.3 is 10.6 Å². The summed E-state index contributed by atoms with van der Waals surface area (Å²) in [5, 5.41) is 0. The molecular weight excluding hydrogens is 300 g/mol. The van der Waals surface area contributed by atoms with Gasteiger partial charge in [0.2, 0.25) is 5.91 Å². The minimum absolute atomic E-state index is 0.279. The molecule has 2 N–H and O–H groups in total. The molecule has 0 aromatic heterocycles. The molecule has 1 amide bonds. The van der Waals surface area contributed by atoms with Crippen molar-refractivity contribution in [1.29, 1.82) is 0 Å². The van der Waals surface area contributed by atoms with Crippen molar-refractivity contribution in [1.82, 2.24) is 4.90 Å². The molecule has 0 aliphatic carbocycles. The van der Waals surface area contributed by atoms with Crippen LogP contribution in [0, 0.1) is 0 Å². The summed E-state index contributed by atoms with van der Waals surface area (Å²) < 4.78 is 0. The van der Waals surface area contributed by atoms with Crippen LogP contribution < -0.4 is 5.73 Å². The van der Waals surface area contributed by atoms with Crippen molar-refractivity contribution in [2.75, 3.05) is 18.8 Å². The third-order valence-corrected chi connectivity index (χ3v) is 4.92. The van der Waals surface area contributed by atoms with Gasteiger partial charge in [0, 0.05) is 24.4 Å². The van der Waals surface area contributed by atoms with E-state index in [9.17, 15) is 4.79 Å². The van der Waals surface area contributed by atoms with E-state index in [-0.39, 0.29) is 5.91 Å². The number of nitrogens with two attached hydrogens (primary N) is 1. The number of hydrogen-bond acceptors (Lipinski definition) is 3. The van der Waals surface area contributed by atoms with Crippen LogP contribution in [0.15, 0.2) is 24.3 Å². The summed E-state index contributed by atoms with van der Waals surface area (Å²) in [6.45, 7) is 1.87. The van der Waals surface area contributed by atoms with Crippen LogP contribution in [0.2, 0.25) is 0 Å². The normalized spacial score (nSPS) is 15.5. The predicted molar refractivity (Wildman–Crippen MR) is 93.5 cm³/mol. The Hall–Kier alpha value is -1.07. The second-order valence-corrected chi connectivity index (χ2v) is 6.77. The molecule has 21 heavy (non-hydrogen) atoms. The summed E-state index contributed by atoms with van der Waals surface area (Å²) >= 11 is 6.61. The number of nitrogens with zero attached hydrogens (tertiary/aromatic N) is 1. The minimum atomic E-state index is 0.279. The Balaban J connectivity index is 1.75. The van der Waals surface area contributed by atoms with Gasteiger partial charge in [-0.05, 0) is 18.4 Å². The largest absolute Gasteiger partial charge is 0.389 e. The number of thioether (sulfide) groups is 1. The molecule has 1 aliphatic rings. The Morgan fingerprint density at radius 3 is 2.33 bits per heavy atom. The Morgan fingerprint density at radius 2 is 1.76 bits per heavy atom. The molecule has 1 saturated heterocycles. The first kappa shape index (κ1) is 16.3. The molecule has 0 saturated carbocycles. The Labute approximate surface area is 136 Å². The third kappa shape index (κ3) is 5.32. The number of amides is 1. The molecule has 5 heteroatoms. The molecule has 0 radical (unpaired) electrons. The average Bonchev–Trinajstić information content (AvgIpc) is 2.77. The average molecular weight is 322 g/mol. The summed E-state index contributed by atoms with van der Waals surface area (Å²) in [7, 11) is 0. The lowest BCUT2D eigenvalue weighted by molar-refractivity contribution is -0.128. The second kappa shape index (κ2) is 8.39. The number of rotatable bonds is 5. The SMILES string of the molecule is NC(=S)c1ccc(CSCC(=O)N2CCCCCC2)cc1. The lowest BCUT2D eigenvalue weighted by atomic mass is 10.1. The highest BCUT2D eigenvalue weighted by Gasteiger charge is 2.15. The van der Waals surface area contributed by atoms with E-state index in [1.165, 1.54) is 18.4 Å². The third-order valence-electron chi connectivity index (χ3n) is 3.69. The molecular formula is C16H22N2OS2. The summed E-state index contributed by atoms with van der Waals surface area (Å²) in [4.78, 5) is 14.6. The van der Waals surface area contributed by atoms with Crippen molar-refractivity contribution in [2.24, 2.45) is 5.73 Å². The van der Waals surface area contributed by atoms with Crippen molar-refractivity contribution < 1.29 is 4.79 Å². The van der Waals surface area contributed by atoms with Crippen LogP contribution in [0.3, 0.4) is 0 Å². The highest BCUT2D eigenvalue weighted by molar-refractivity contribution is 7.99. The molecule has 1 aliphatic heterocycles. The van der Waals surface area contributed by atoms with E-state index in [4.69, 9.17) is 18.0 Å². The predicted octanol–water partition coefficient (Wildman–Crippen LogP) is 2.96. The fourth-order valence-electron chi connectivity index (χ4n) is 2.43.